The number of hydrogen-bond acceptors (Lipinski definition) is 2. The number of unbranched alkanes of at least 4 members (excludes halogenated alkanes) is 4. The maximum Gasteiger partial charge on any atom is 0.302 e. The molecule has 0 saturated heterocycles. The van der Waals surface area contributed by atoms with Gasteiger partial charge in [0.15, 0.2) is 6.71 Å². The van der Waals surface area contributed by atoms with E-state index in [0.29, 0.717) is 13.3 Å². The van der Waals surface area contributed by atoms with Crippen molar-refractivity contribution < 1.29 is 9.53 Å². The number of allylic oxidation sites excluding steroid dienone is 1. The van der Waals surface area contributed by atoms with Crippen LogP contribution in [0.1, 0.15) is 80.6 Å². The molecule has 2 nitrogen and oxygen atoms in total. The Kier molecular flexibility index (Phi) is 12.3. The minimum Gasteiger partial charge on any atom is -0.466 e. The van der Waals surface area contributed by atoms with Crippen molar-refractivity contribution in [3.05, 3.63) is 12.1 Å². The summed E-state index contributed by atoms with van der Waals surface area (Å²) in [5.74, 6) is 5.23. The van der Waals surface area contributed by atoms with Gasteiger partial charge in [-0.25, -0.2) is 0 Å². The fourth-order valence-corrected chi connectivity index (χ4v) is 2.91. The summed E-state index contributed by atoms with van der Waals surface area (Å²) in [5.41, 5.74) is 0. The summed E-state index contributed by atoms with van der Waals surface area (Å²) >= 11 is 0. The predicted molar refractivity (Wildman–Crippen MR) is 103 cm³/mol. The molecule has 0 heterocycles. The number of esters is 1. The minimum absolute atomic E-state index is 0.169. The van der Waals surface area contributed by atoms with Crippen molar-refractivity contribution in [1.82, 2.24) is 0 Å². The van der Waals surface area contributed by atoms with E-state index in [9.17, 15) is 4.79 Å². The van der Waals surface area contributed by atoms with Gasteiger partial charge in [-0.1, -0.05) is 83.9 Å². The van der Waals surface area contributed by atoms with E-state index in [4.69, 9.17) is 4.74 Å². The molecule has 0 aliphatic rings. The Morgan fingerprint density at radius 3 is 1.91 bits per heavy atom. The standard InChI is InChI=1S/C20H39BO2/c1-16(2)18(5)21(19(6)17(3)4)14-12-10-8-9-11-13-15-23-20(7)22/h12,14,16-19H,8-11,13,15H2,1-7H3. The van der Waals surface area contributed by atoms with Crippen LogP contribution >= 0.6 is 0 Å². The molecule has 0 amide bonds. The van der Waals surface area contributed by atoms with Crippen LogP contribution in [-0.4, -0.2) is 19.3 Å². The molecule has 134 valence electrons. The molecule has 3 heteroatoms. The van der Waals surface area contributed by atoms with E-state index in [1.165, 1.54) is 26.2 Å². The molecule has 0 aliphatic carbocycles. The van der Waals surface area contributed by atoms with Gasteiger partial charge in [-0.15, -0.1) is 5.98 Å². The third kappa shape index (κ3) is 10.6. The summed E-state index contributed by atoms with van der Waals surface area (Å²) in [4.78, 5) is 10.7. The molecular formula is C20H39BO2. The number of ether oxygens (including phenoxy) is 1. The zero-order chi connectivity index (χ0) is 17.8. The first-order valence-electron chi connectivity index (χ1n) is 9.57. The molecule has 2 unspecified atom stereocenters. The molecule has 0 rings (SSSR count). The lowest BCUT2D eigenvalue weighted by atomic mass is 9.31. The van der Waals surface area contributed by atoms with Crippen LogP contribution in [0.3, 0.4) is 0 Å². The van der Waals surface area contributed by atoms with E-state index in [1.54, 1.807) is 0 Å². The normalized spacial score (nSPS) is 14.5. The van der Waals surface area contributed by atoms with Gasteiger partial charge < -0.3 is 4.74 Å². The van der Waals surface area contributed by atoms with Crippen molar-refractivity contribution in [3.63, 3.8) is 0 Å². The van der Waals surface area contributed by atoms with Crippen LogP contribution in [-0.2, 0) is 9.53 Å². The highest BCUT2D eigenvalue weighted by Gasteiger charge is 2.28. The average Bonchev–Trinajstić information content (AvgIpc) is 2.47. The predicted octanol–water partition coefficient (Wildman–Crippen LogP) is 6.18. The summed E-state index contributed by atoms with van der Waals surface area (Å²) in [6.07, 6.45) is 8.15. The van der Waals surface area contributed by atoms with Crippen LogP contribution in [0.4, 0.5) is 0 Å². The van der Waals surface area contributed by atoms with Gasteiger partial charge in [0.2, 0.25) is 0 Å². The molecule has 0 aromatic heterocycles. The highest BCUT2D eigenvalue weighted by Crippen LogP contribution is 2.33. The lowest BCUT2D eigenvalue weighted by Gasteiger charge is -2.29. The molecule has 0 radical (unpaired) electrons. The number of hydrogen-bond donors (Lipinski definition) is 0. The molecule has 0 aromatic carbocycles. The quantitative estimate of drug-likeness (QED) is 0.243. The molecule has 0 fully saturated rings. The third-order valence-corrected chi connectivity index (χ3v) is 5.25. The van der Waals surface area contributed by atoms with Gasteiger partial charge >= 0.3 is 5.97 Å². The zero-order valence-electron chi connectivity index (χ0n) is 16.6. The van der Waals surface area contributed by atoms with Gasteiger partial charge in [0.25, 0.3) is 0 Å². The summed E-state index contributed by atoms with van der Waals surface area (Å²) < 4.78 is 4.95. The Labute approximate surface area is 145 Å². The smallest absolute Gasteiger partial charge is 0.302 e. The van der Waals surface area contributed by atoms with Crippen LogP contribution in [0.25, 0.3) is 0 Å². The minimum atomic E-state index is -0.169. The number of rotatable bonds is 12. The molecule has 0 aliphatic heterocycles. The maximum absolute atomic E-state index is 10.7. The molecule has 0 aromatic rings. The Morgan fingerprint density at radius 2 is 1.43 bits per heavy atom. The van der Waals surface area contributed by atoms with E-state index in [1.807, 2.05) is 0 Å². The van der Waals surface area contributed by atoms with Crippen LogP contribution in [0.5, 0.6) is 0 Å². The summed E-state index contributed by atoms with van der Waals surface area (Å²) in [5, 5.41) is 0. The molecule has 0 N–H and O–H groups in total. The molecule has 2 atom stereocenters. The molecule has 0 bridgehead atoms. The van der Waals surface area contributed by atoms with Gasteiger partial charge in [0.1, 0.15) is 0 Å². The second-order valence-corrected chi connectivity index (χ2v) is 7.75. The second kappa shape index (κ2) is 12.7. The highest BCUT2D eigenvalue weighted by atomic mass is 16.5. The summed E-state index contributed by atoms with van der Waals surface area (Å²) in [7, 11) is 0. The van der Waals surface area contributed by atoms with Gasteiger partial charge in [-0.3, -0.25) is 4.79 Å². The van der Waals surface area contributed by atoms with Crippen molar-refractivity contribution in [3.8, 4) is 0 Å². The largest absolute Gasteiger partial charge is 0.466 e. The Balaban J connectivity index is 4.08. The van der Waals surface area contributed by atoms with Gasteiger partial charge in [-0.05, 0) is 19.3 Å². The first kappa shape index (κ1) is 22.3. The third-order valence-electron chi connectivity index (χ3n) is 5.25. The van der Waals surface area contributed by atoms with Crippen molar-refractivity contribution >= 4 is 12.7 Å². The van der Waals surface area contributed by atoms with Gasteiger partial charge in [0.05, 0.1) is 6.61 Å². The Morgan fingerprint density at radius 1 is 0.913 bits per heavy atom. The van der Waals surface area contributed by atoms with E-state index in [-0.39, 0.29) is 5.97 Å². The number of carbonyl (C=O) groups is 1. The van der Waals surface area contributed by atoms with Crippen molar-refractivity contribution in [2.75, 3.05) is 6.61 Å². The Hall–Kier alpha value is -0.725. The van der Waals surface area contributed by atoms with Crippen LogP contribution < -0.4 is 0 Å². The summed E-state index contributed by atoms with van der Waals surface area (Å²) in [6, 6.07) is 0. The van der Waals surface area contributed by atoms with Crippen molar-refractivity contribution in [2.24, 2.45) is 11.8 Å². The molecule has 0 saturated carbocycles. The van der Waals surface area contributed by atoms with E-state index >= 15 is 0 Å². The van der Waals surface area contributed by atoms with E-state index in [0.717, 1.165) is 36.3 Å². The first-order chi connectivity index (χ1) is 10.8. The Bertz CT molecular complexity index is 323. The fourth-order valence-electron chi connectivity index (χ4n) is 2.91. The van der Waals surface area contributed by atoms with Crippen LogP contribution in [0.2, 0.25) is 11.6 Å². The molecular weight excluding hydrogens is 283 g/mol. The number of carbonyl (C=O) groups excluding carboxylic acids is 1. The van der Waals surface area contributed by atoms with E-state index < -0.39 is 0 Å². The molecule has 0 spiro atoms. The first-order valence-corrected chi connectivity index (χ1v) is 9.57. The van der Waals surface area contributed by atoms with Crippen molar-refractivity contribution in [2.45, 2.75) is 92.2 Å². The fraction of sp³-hybridized carbons (Fsp3) is 0.850. The van der Waals surface area contributed by atoms with Crippen LogP contribution in [0.15, 0.2) is 12.1 Å². The maximum atomic E-state index is 10.7. The highest BCUT2D eigenvalue weighted by molar-refractivity contribution is 6.67. The summed E-state index contributed by atoms with van der Waals surface area (Å²) in [6.45, 7) is 16.9. The second-order valence-electron chi connectivity index (χ2n) is 7.75. The average molecular weight is 322 g/mol. The van der Waals surface area contributed by atoms with E-state index in [2.05, 4.69) is 53.6 Å². The molecule has 23 heavy (non-hydrogen) atoms. The SMILES string of the molecule is CC(=O)OCCCCCCC=CB(C(C)C(C)C)C(C)C(C)C. The van der Waals surface area contributed by atoms with Gasteiger partial charge in [0, 0.05) is 6.92 Å². The topological polar surface area (TPSA) is 26.3 Å². The van der Waals surface area contributed by atoms with Gasteiger partial charge in [-0.2, -0.15) is 0 Å². The monoisotopic (exact) mass is 322 g/mol. The lowest BCUT2D eigenvalue weighted by molar-refractivity contribution is -0.141. The van der Waals surface area contributed by atoms with Crippen LogP contribution in [0, 0.1) is 11.8 Å². The van der Waals surface area contributed by atoms with Crippen molar-refractivity contribution in [1.29, 1.82) is 0 Å². The zero-order valence-corrected chi connectivity index (χ0v) is 16.6. The lowest BCUT2D eigenvalue weighted by Crippen LogP contribution is -2.28.